The van der Waals surface area contributed by atoms with Crippen LogP contribution in [-0.2, 0) is 0 Å². The van der Waals surface area contributed by atoms with Crippen LogP contribution in [0.1, 0.15) is 27.5 Å². The molecule has 0 radical (unpaired) electrons. The summed E-state index contributed by atoms with van der Waals surface area (Å²) in [5, 5.41) is 13.1. The van der Waals surface area contributed by atoms with E-state index in [9.17, 15) is 14.9 Å². The van der Waals surface area contributed by atoms with Crippen molar-refractivity contribution in [2.24, 2.45) is 0 Å². The summed E-state index contributed by atoms with van der Waals surface area (Å²) in [6, 6.07) is 16.2. The van der Waals surface area contributed by atoms with Gasteiger partial charge in [0.15, 0.2) is 0 Å². The van der Waals surface area contributed by atoms with Crippen LogP contribution in [0.4, 0.5) is 5.69 Å². The number of benzene rings is 2. The number of hydrazine groups is 1. The van der Waals surface area contributed by atoms with Crippen LogP contribution in [0.25, 0.3) is 5.70 Å². The zero-order valence-corrected chi connectivity index (χ0v) is 15.8. The summed E-state index contributed by atoms with van der Waals surface area (Å²) in [7, 11) is 0. The highest BCUT2D eigenvalue weighted by Gasteiger charge is 2.31. The van der Waals surface area contributed by atoms with Crippen molar-refractivity contribution >= 4 is 28.9 Å². The smallest absolute Gasteiger partial charge is 0.273 e. The second-order valence-corrected chi connectivity index (χ2v) is 6.84. The molecule has 1 aromatic heterocycles. The Morgan fingerprint density at radius 2 is 1.69 bits per heavy atom. The van der Waals surface area contributed by atoms with Crippen LogP contribution >= 0.6 is 11.6 Å². The van der Waals surface area contributed by atoms with Crippen molar-refractivity contribution in [2.75, 3.05) is 0 Å². The van der Waals surface area contributed by atoms with Gasteiger partial charge in [0.2, 0.25) is 0 Å². The van der Waals surface area contributed by atoms with Crippen LogP contribution in [0.5, 0.6) is 0 Å². The highest BCUT2D eigenvalue weighted by molar-refractivity contribution is 6.30. The summed E-state index contributed by atoms with van der Waals surface area (Å²) in [6.45, 7) is 0. The van der Waals surface area contributed by atoms with Crippen molar-refractivity contribution in [3.8, 4) is 0 Å². The van der Waals surface area contributed by atoms with Crippen LogP contribution in [0, 0.1) is 10.1 Å². The molecule has 1 atom stereocenters. The lowest BCUT2D eigenvalue weighted by atomic mass is 10.0. The monoisotopic (exact) mass is 406 g/mol. The zero-order chi connectivity index (χ0) is 20.4. The molecule has 3 aromatic rings. The number of nitro benzene ring substituents is 1. The molecule has 2 heterocycles. The standard InChI is InChI=1S/C21H15ClN4O3/c22-17-5-1-14(2-6-17)19-13-20(15-3-7-18(8-4-15)26(28)29)25(24-19)21(27)16-9-11-23-12-10-16/h1-13,20,24H. The number of carbonyl (C=O) groups excluding carboxylic acids is 1. The van der Waals surface area contributed by atoms with Gasteiger partial charge in [-0.2, -0.15) is 0 Å². The number of rotatable bonds is 4. The van der Waals surface area contributed by atoms with Crippen LogP contribution in [0.3, 0.4) is 0 Å². The van der Waals surface area contributed by atoms with Gasteiger partial charge in [0, 0.05) is 35.1 Å². The second-order valence-electron chi connectivity index (χ2n) is 6.40. The Kier molecular flexibility index (Phi) is 4.97. The van der Waals surface area contributed by atoms with E-state index in [-0.39, 0.29) is 11.6 Å². The number of nitrogens with one attached hydrogen (secondary N) is 1. The van der Waals surface area contributed by atoms with Crippen molar-refractivity contribution in [3.63, 3.8) is 0 Å². The molecule has 1 aliphatic heterocycles. The second kappa shape index (κ2) is 7.73. The number of hydrogen-bond donors (Lipinski definition) is 1. The molecule has 29 heavy (non-hydrogen) atoms. The molecule has 7 nitrogen and oxygen atoms in total. The fourth-order valence-corrected chi connectivity index (χ4v) is 3.23. The van der Waals surface area contributed by atoms with E-state index in [1.165, 1.54) is 17.1 Å². The maximum Gasteiger partial charge on any atom is 0.273 e. The van der Waals surface area contributed by atoms with E-state index < -0.39 is 11.0 Å². The molecule has 0 aliphatic carbocycles. The molecule has 0 spiro atoms. The van der Waals surface area contributed by atoms with E-state index in [1.54, 1.807) is 48.8 Å². The number of hydrogen-bond acceptors (Lipinski definition) is 5. The van der Waals surface area contributed by atoms with Gasteiger partial charge in [-0.25, -0.2) is 5.01 Å². The van der Waals surface area contributed by atoms with E-state index in [4.69, 9.17) is 11.6 Å². The summed E-state index contributed by atoms with van der Waals surface area (Å²) in [6.07, 6.45) is 5.01. The largest absolute Gasteiger partial charge is 0.295 e. The Hall–Kier alpha value is -3.71. The predicted molar refractivity (Wildman–Crippen MR) is 109 cm³/mol. The minimum atomic E-state index is -0.453. The van der Waals surface area contributed by atoms with Crippen LogP contribution in [-0.4, -0.2) is 20.8 Å². The molecule has 1 aliphatic rings. The van der Waals surface area contributed by atoms with Crippen molar-refractivity contribution in [3.05, 3.63) is 111 Å². The van der Waals surface area contributed by atoms with E-state index >= 15 is 0 Å². The van der Waals surface area contributed by atoms with Crippen molar-refractivity contribution in [1.29, 1.82) is 0 Å². The van der Waals surface area contributed by atoms with Gasteiger partial charge in [0.25, 0.3) is 11.6 Å². The zero-order valence-electron chi connectivity index (χ0n) is 15.0. The topological polar surface area (TPSA) is 88.4 Å². The number of halogens is 1. The Bertz CT molecular complexity index is 1080. The first-order valence-corrected chi connectivity index (χ1v) is 9.13. The summed E-state index contributed by atoms with van der Waals surface area (Å²) < 4.78 is 0. The molecule has 0 saturated carbocycles. The molecule has 4 rings (SSSR count). The lowest BCUT2D eigenvalue weighted by molar-refractivity contribution is -0.384. The fraction of sp³-hybridized carbons (Fsp3) is 0.0476. The van der Waals surface area contributed by atoms with Gasteiger partial charge in [-0.1, -0.05) is 23.7 Å². The van der Waals surface area contributed by atoms with Crippen molar-refractivity contribution in [2.45, 2.75) is 6.04 Å². The molecular weight excluding hydrogens is 392 g/mol. The summed E-state index contributed by atoms with van der Waals surface area (Å²) >= 11 is 5.98. The van der Waals surface area contributed by atoms with E-state index in [0.717, 1.165) is 16.8 Å². The summed E-state index contributed by atoms with van der Waals surface area (Å²) in [4.78, 5) is 27.6. The summed E-state index contributed by atoms with van der Waals surface area (Å²) in [5.74, 6) is -0.240. The number of aromatic nitrogens is 1. The maximum atomic E-state index is 13.1. The van der Waals surface area contributed by atoms with E-state index in [1.807, 2.05) is 18.2 Å². The van der Waals surface area contributed by atoms with Gasteiger partial charge in [-0.05, 0) is 53.6 Å². The first-order valence-electron chi connectivity index (χ1n) is 8.75. The molecule has 0 bridgehead atoms. The number of nitrogens with zero attached hydrogens (tertiary/aromatic N) is 3. The van der Waals surface area contributed by atoms with Gasteiger partial charge >= 0.3 is 0 Å². The Morgan fingerprint density at radius 3 is 2.31 bits per heavy atom. The van der Waals surface area contributed by atoms with Gasteiger partial charge < -0.3 is 0 Å². The van der Waals surface area contributed by atoms with Crippen molar-refractivity contribution in [1.82, 2.24) is 15.4 Å². The maximum absolute atomic E-state index is 13.1. The number of carbonyl (C=O) groups is 1. The molecule has 2 aromatic carbocycles. The quantitative estimate of drug-likeness (QED) is 0.513. The first kappa shape index (κ1) is 18.6. The highest BCUT2D eigenvalue weighted by atomic mass is 35.5. The van der Waals surface area contributed by atoms with Crippen molar-refractivity contribution < 1.29 is 9.72 Å². The van der Waals surface area contributed by atoms with Crippen LogP contribution < -0.4 is 5.43 Å². The van der Waals surface area contributed by atoms with E-state index in [0.29, 0.717) is 10.6 Å². The molecule has 1 N–H and O–H groups in total. The summed E-state index contributed by atoms with van der Waals surface area (Å²) in [5.41, 5.74) is 5.98. The van der Waals surface area contributed by atoms with Gasteiger partial charge in [0.05, 0.1) is 16.7 Å². The minimum absolute atomic E-state index is 0.00591. The Labute approximate surface area is 171 Å². The number of pyridine rings is 1. The predicted octanol–water partition coefficient (Wildman–Crippen LogP) is 4.39. The Balaban J connectivity index is 1.72. The molecule has 1 unspecified atom stereocenters. The highest BCUT2D eigenvalue weighted by Crippen LogP contribution is 2.33. The van der Waals surface area contributed by atoms with Gasteiger partial charge in [0.1, 0.15) is 0 Å². The normalized spacial score (nSPS) is 15.6. The average Bonchev–Trinajstić information content (AvgIpc) is 3.20. The molecule has 1 amide bonds. The number of amides is 1. The SMILES string of the molecule is O=C(c1ccncc1)N1NC(c2ccc(Cl)cc2)=CC1c1ccc([N+](=O)[O-])cc1. The molecule has 144 valence electrons. The molecule has 8 heteroatoms. The number of nitro groups is 1. The third-order valence-corrected chi connectivity index (χ3v) is 4.84. The number of non-ortho nitro benzene ring substituents is 1. The third kappa shape index (κ3) is 3.81. The van der Waals surface area contributed by atoms with Gasteiger partial charge in [-0.3, -0.25) is 25.3 Å². The molecule has 0 fully saturated rings. The van der Waals surface area contributed by atoms with E-state index in [2.05, 4.69) is 10.4 Å². The lowest BCUT2D eigenvalue weighted by Gasteiger charge is -2.25. The molecular formula is C21H15ClN4O3. The first-order chi connectivity index (χ1) is 14.0. The minimum Gasteiger partial charge on any atom is -0.295 e. The average molecular weight is 407 g/mol. The third-order valence-electron chi connectivity index (χ3n) is 4.59. The van der Waals surface area contributed by atoms with Crippen LogP contribution in [0.2, 0.25) is 5.02 Å². The van der Waals surface area contributed by atoms with Crippen LogP contribution in [0.15, 0.2) is 79.1 Å². The molecule has 0 saturated heterocycles. The Morgan fingerprint density at radius 1 is 1.03 bits per heavy atom. The van der Waals surface area contributed by atoms with Gasteiger partial charge in [-0.15, -0.1) is 0 Å². The fourth-order valence-electron chi connectivity index (χ4n) is 3.11. The lowest BCUT2D eigenvalue weighted by Crippen LogP contribution is -2.39.